The largest absolute Gasteiger partial charge is 0.501 e. The van der Waals surface area contributed by atoms with E-state index < -0.39 is 5.60 Å². The van der Waals surface area contributed by atoms with Crippen molar-refractivity contribution in [3.63, 3.8) is 0 Å². The van der Waals surface area contributed by atoms with Crippen molar-refractivity contribution in [2.24, 2.45) is 0 Å². The standard InChI is InChI=1S/C12H22O3/c1-6-7-8-10(14-5)9-11(13)15-12(2,3)4/h9H,6-8H2,1-5H3/b10-9+. The van der Waals surface area contributed by atoms with Crippen molar-refractivity contribution in [1.29, 1.82) is 0 Å². The molecule has 0 saturated heterocycles. The number of esters is 1. The summed E-state index contributed by atoms with van der Waals surface area (Å²) in [6.07, 6.45) is 4.31. The molecule has 0 N–H and O–H groups in total. The average molecular weight is 214 g/mol. The minimum Gasteiger partial charge on any atom is -0.501 e. The number of carbonyl (C=O) groups is 1. The van der Waals surface area contributed by atoms with Crippen LogP contribution in [-0.2, 0) is 14.3 Å². The number of hydrogen-bond acceptors (Lipinski definition) is 3. The zero-order valence-electron chi connectivity index (χ0n) is 10.4. The van der Waals surface area contributed by atoms with Crippen LogP contribution in [0, 0.1) is 0 Å². The summed E-state index contributed by atoms with van der Waals surface area (Å²) in [5.41, 5.74) is -0.447. The molecule has 0 aromatic heterocycles. The first-order chi connectivity index (χ1) is 6.89. The van der Waals surface area contributed by atoms with Crippen LogP contribution in [-0.4, -0.2) is 18.7 Å². The van der Waals surface area contributed by atoms with Gasteiger partial charge in [-0.2, -0.15) is 0 Å². The molecule has 0 radical (unpaired) electrons. The lowest BCUT2D eigenvalue weighted by molar-refractivity contribution is -0.148. The lowest BCUT2D eigenvalue weighted by Crippen LogP contribution is -2.22. The summed E-state index contributed by atoms with van der Waals surface area (Å²) in [7, 11) is 1.58. The number of unbranched alkanes of at least 4 members (excludes halogenated alkanes) is 1. The molecule has 0 atom stereocenters. The molecule has 3 heteroatoms. The first-order valence-corrected chi connectivity index (χ1v) is 5.36. The molecule has 0 aromatic rings. The molecule has 0 spiro atoms. The summed E-state index contributed by atoms with van der Waals surface area (Å²) in [5, 5.41) is 0. The summed E-state index contributed by atoms with van der Waals surface area (Å²) in [4.78, 5) is 11.4. The fourth-order valence-corrected chi connectivity index (χ4v) is 1.05. The van der Waals surface area contributed by atoms with Crippen LogP contribution in [0.4, 0.5) is 0 Å². The lowest BCUT2D eigenvalue weighted by atomic mass is 10.2. The third kappa shape index (κ3) is 8.03. The Hall–Kier alpha value is -0.990. The molecule has 0 bridgehead atoms. The Labute approximate surface area is 92.5 Å². The summed E-state index contributed by atoms with van der Waals surface area (Å²) >= 11 is 0. The van der Waals surface area contributed by atoms with E-state index in [0.29, 0.717) is 5.76 Å². The minimum absolute atomic E-state index is 0.338. The second kappa shape index (κ2) is 6.49. The van der Waals surface area contributed by atoms with Gasteiger partial charge in [0, 0.05) is 6.42 Å². The van der Waals surface area contributed by atoms with Crippen LogP contribution in [0.2, 0.25) is 0 Å². The maximum Gasteiger partial charge on any atom is 0.334 e. The van der Waals surface area contributed by atoms with Gasteiger partial charge in [0.05, 0.1) is 13.2 Å². The van der Waals surface area contributed by atoms with Crippen molar-refractivity contribution in [3.05, 3.63) is 11.8 Å². The van der Waals surface area contributed by atoms with E-state index in [0.717, 1.165) is 19.3 Å². The molecule has 0 aliphatic carbocycles. The number of carbonyl (C=O) groups excluding carboxylic acids is 1. The van der Waals surface area contributed by atoms with E-state index in [9.17, 15) is 4.79 Å². The van der Waals surface area contributed by atoms with Crippen molar-refractivity contribution in [2.45, 2.75) is 52.6 Å². The van der Waals surface area contributed by atoms with Gasteiger partial charge in [0.25, 0.3) is 0 Å². The van der Waals surface area contributed by atoms with Gasteiger partial charge in [0.15, 0.2) is 0 Å². The topological polar surface area (TPSA) is 35.5 Å². The minimum atomic E-state index is -0.447. The van der Waals surface area contributed by atoms with E-state index in [1.54, 1.807) is 7.11 Å². The quantitative estimate of drug-likeness (QED) is 0.401. The first kappa shape index (κ1) is 14.0. The van der Waals surface area contributed by atoms with E-state index >= 15 is 0 Å². The van der Waals surface area contributed by atoms with E-state index in [2.05, 4.69) is 6.92 Å². The molecule has 0 fully saturated rings. The zero-order chi connectivity index (χ0) is 11.9. The van der Waals surface area contributed by atoms with Crippen molar-refractivity contribution in [2.75, 3.05) is 7.11 Å². The third-order valence-electron chi connectivity index (χ3n) is 1.72. The van der Waals surface area contributed by atoms with Gasteiger partial charge in [-0.05, 0) is 27.2 Å². The summed E-state index contributed by atoms with van der Waals surface area (Å²) in [6.45, 7) is 7.63. The monoisotopic (exact) mass is 214 g/mol. The molecular weight excluding hydrogens is 192 g/mol. The molecule has 0 rings (SSSR count). The average Bonchev–Trinajstić information content (AvgIpc) is 2.09. The molecular formula is C12H22O3. The summed E-state index contributed by atoms with van der Waals surface area (Å²) in [5.74, 6) is 0.349. The molecule has 0 aliphatic heterocycles. The number of allylic oxidation sites excluding steroid dienone is 1. The highest BCUT2D eigenvalue weighted by atomic mass is 16.6. The normalized spacial score (nSPS) is 12.5. The maximum atomic E-state index is 11.4. The van der Waals surface area contributed by atoms with Crippen molar-refractivity contribution in [1.82, 2.24) is 0 Å². The van der Waals surface area contributed by atoms with Crippen LogP contribution in [0.25, 0.3) is 0 Å². The Morgan fingerprint density at radius 2 is 1.93 bits per heavy atom. The smallest absolute Gasteiger partial charge is 0.334 e. The van der Waals surface area contributed by atoms with Gasteiger partial charge >= 0.3 is 5.97 Å². The fourth-order valence-electron chi connectivity index (χ4n) is 1.05. The number of ether oxygens (including phenoxy) is 2. The SMILES string of the molecule is CCCC/C(=C\C(=O)OC(C)(C)C)OC. The van der Waals surface area contributed by atoms with Crippen LogP contribution in [0.3, 0.4) is 0 Å². The Morgan fingerprint density at radius 1 is 1.33 bits per heavy atom. The fraction of sp³-hybridized carbons (Fsp3) is 0.750. The Morgan fingerprint density at radius 3 is 2.33 bits per heavy atom. The van der Waals surface area contributed by atoms with Crippen LogP contribution in [0.15, 0.2) is 11.8 Å². The molecule has 0 aliphatic rings. The van der Waals surface area contributed by atoms with Crippen LogP contribution in [0.5, 0.6) is 0 Å². The molecule has 0 aromatic carbocycles. The van der Waals surface area contributed by atoms with Gasteiger partial charge in [0.2, 0.25) is 0 Å². The molecule has 3 nitrogen and oxygen atoms in total. The highest BCUT2D eigenvalue weighted by molar-refractivity contribution is 5.82. The predicted molar refractivity (Wildman–Crippen MR) is 60.5 cm³/mol. The molecule has 0 heterocycles. The highest BCUT2D eigenvalue weighted by Gasteiger charge is 2.15. The number of rotatable bonds is 5. The van der Waals surface area contributed by atoms with E-state index in [1.165, 1.54) is 6.08 Å². The molecule has 0 saturated carbocycles. The molecule has 88 valence electrons. The maximum absolute atomic E-state index is 11.4. The molecule has 15 heavy (non-hydrogen) atoms. The second-order valence-corrected chi connectivity index (χ2v) is 4.45. The zero-order valence-corrected chi connectivity index (χ0v) is 10.4. The highest BCUT2D eigenvalue weighted by Crippen LogP contribution is 2.11. The lowest BCUT2D eigenvalue weighted by Gasteiger charge is -2.18. The Bertz CT molecular complexity index is 224. The number of methoxy groups -OCH3 is 1. The van der Waals surface area contributed by atoms with E-state index in [1.807, 2.05) is 20.8 Å². The van der Waals surface area contributed by atoms with Gasteiger partial charge < -0.3 is 9.47 Å². The van der Waals surface area contributed by atoms with Gasteiger partial charge in [-0.15, -0.1) is 0 Å². The van der Waals surface area contributed by atoms with Crippen molar-refractivity contribution in [3.8, 4) is 0 Å². The van der Waals surface area contributed by atoms with Crippen LogP contribution >= 0.6 is 0 Å². The Kier molecular flexibility index (Phi) is 6.06. The summed E-state index contributed by atoms with van der Waals surface area (Å²) in [6, 6.07) is 0. The van der Waals surface area contributed by atoms with Crippen LogP contribution < -0.4 is 0 Å². The number of hydrogen-bond donors (Lipinski definition) is 0. The van der Waals surface area contributed by atoms with Crippen molar-refractivity contribution >= 4 is 5.97 Å². The first-order valence-electron chi connectivity index (χ1n) is 5.36. The van der Waals surface area contributed by atoms with Crippen molar-refractivity contribution < 1.29 is 14.3 Å². The van der Waals surface area contributed by atoms with Gasteiger partial charge in [-0.1, -0.05) is 13.3 Å². The molecule has 0 unspecified atom stereocenters. The third-order valence-corrected chi connectivity index (χ3v) is 1.72. The van der Waals surface area contributed by atoms with Crippen LogP contribution in [0.1, 0.15) is 47.0 Å². The van der Waals surface area contributed by atoms with E-state index in [-0.39, 0.29) is 5.97 Å². The molecule has 0 amide bonds. The van der Waals surface area contributed by atoms with Gasteiger partial charge in [-0.25, -0.2) is 4.79 Å². The Balaban J connectivity index is 4.23. The second-order valence-electron chi connectivity index (χ2n) is 4.45. The van der Waals surface area contributed by atoms with Gasteiger partial charge in [-0.3, -0.25) is 0 Å². The van der Waals surface area contributed by atoms with E-state index in [4.69, 9.17) is 9.47 Å². The summed E-state index contributed by atoms with van der Waals surface area (Å²) < 4.78 is 10.3. The van der Waals surface area contributed by atoms with Gasteiger partial charge in [0.1, 0.15) is 11.4 Å². The predicted octanol–water partition coefficient (Wildman–Crippen LogP) is 3.05.